The summed E-state index contributed by atoms with van der Waals surface area (Å²) < 4.78 is 5.20. The molecule has 1 amide bonds. The van der Waals surface area contributed by atoms with Crippen LogP contribution >= 0.6 is 11.3 Å². The van der Waals surface area contributed by atoms with Crippen LogP contribution in [0.2, 0.25) is 0 Å². The quantitative estimate of drug-likeness (QED) is 0.880. The van der Waals surface area contributed by atoms with Crippen LogP contribution in [0.3, 0.4) is 0 Å². The van der Waals surface area contributed by atoms with E-state index < -0.39 is 12.1 Å². The molecule has 1 aromatic heterocycles. The second-order valence-electron chi connectivity index (χ2n) is 4.55. The number of fused-ring (bicyclic) bond motifs is 1. The number of hydrogen-bond acceptors (Lipinski definition) is 4. The summed E-state index contributed by atoms with van der Waals surface area (Å²) in [6, 6.07) is 11.1. The monoisotopic (exact) mass is 287 g/mol. The maximum Gasteiger partial charge on any atom is 0.339 e. The first-order valence-corrected chi connectivity index (χ1v) is 7.21. The van der Waals surface area contributed by atoms with Crippen molar-refractivity contribution >= 4 is 23.2 Å². The van der Waals surface area contributed by atoms with Gasteiger partial charge in [0.1, 0.15) is 0 Å². The van der Waals surface area contributed by atoms with Gasteiger partial charge in [0, 0.05) is 11.3 Å². The summed E-state index contributed by atoms with van der Waals surface area (Å²) >= 11 is 1.58. The molecule has 0 saturated heterocycles. The van der Waals surface area contributed by atoms with E-state index in [0.29, 0.717) is 18.5 Å². The lowest BCUT2D eigenvalue weighted by atomic mass is 9.98. The first-order chi connectivity index (χ1) is 9.74. The average Bonchev–Trinajstić information content (AvgIpc) is 2.98. The van der Waals surface area contributed by atoms with Gasteiger partial charge in [-0.05, 0) is 23.1 Å². The normalized spacial score (nSPS) is 17.2. The average molecular weight is 287 g/mol. The van der Waals surface area contributed by atoms with E-state index in [2.05, 4.69) is 5.32 Å². The molecule has 1 aliphatic rings. The number of benzene rings is 1. The molecule has 3 rings (SSSR count). The van der Waals surface area contributed by atoms with Crippen molar-refractivity contribution in [3.63, 3.8) is 0 Å². The fraction of sp³-hybridized carbons (Fsp3) is 0.200. The van der Waals surface area contributed by atoms with E-state index in [1.807, 2.05) is 29.6 Å². The molecule has 1 aromatic carbocycles. The Morgan fingerprint density at radius 1 is 1.30 bits per heavy atom. The number of amides is 1. The van der Waals surface area contributed by atoms with Crippen molar-refractivity contribution in [2.75, 3.05) is 0 Å². The van der Waals surface area contributed by atoms with Crippen molar-refractivity contribution in [1.29, 1.82) is 0 Å². The zero-order valence-corrected chi connectivity index (χ0v) is 11.5. The number of thiophene rings is 1. The maximum absolute atomic E-state index is 12.1. The van der Waals surface area contributed by atoms with Gasteiger partial charge in [-0.1, -0.05) is 24.3 Å². The number of nitrogens with one attached hydrogen (secondary N) is 1. The second-order valence-corrected chi connectivity index (χ2v) is 5.58. The zero-order valence-electron chi connectivity index (χ0n) is 10.7. The van der Waals surface area contributed by atoms with E-state index in [-0.39, 0.29) is 5.91 Å². The van der Waals surface area contributed by atoms with Gasteiger partial charge in [-0.15, -0.1) is 11.3 Å². The molecule has 2 aromatic rings. The van der Waals surface area contributed by atoms with Crippen molar-refractivity contribution in [1.82, 2.24) is 5.32 Å². The highest BCUT2D eigenvalue weighted by molar-refractivity contribution is 7.09. The third-order valence-corrected chi connectivity index (χ3v) is 4.08. The molecule has 0 saturated carbocycles. The van der Waals surface area contributed by atoms with Crippen molar-refractivity contribution in [2.45, 2.75) is 19.1 Å². The number of esters is 1. The van der Waals surface area contributed by atoms with Crippen LogP contribution in [0.4, 0.5) is 0 Å². The van der Waals surface area contributed by atoms with Crippen LogP contribution in [0, 0.1) is 0 Å². The molecule has 20 heavy (non-hydrogen) atoms. The number of hydrogen-bond donors (Lipinski definition) is 1. The molecule has 2 heterocycles. The van der Waals surface area contributed by atoms with Crippen LogP contribution in [0.1, 0.15) is 20.8 Å². The minimum atomic E-state index is -0.739. The van der Waals surface area contributed by atoms with Crippen LogP contribution < -0.4 is 5.32 Å². The number of rotatable bonds is 3. The molecule has 1 atom stereocenters. The number of ether oxygens (including phenoxy) is 1. The Hall–Kier alpha value is -2.14. The van der Waals surface area contributed by atoms with Gasteiger partial charge in [-0.3, -0.25) is 4.79 Å². The highest BCUT2D eigenvalue weighted by Crippen LogP contribution is 2.20. The van der Waals surface area contributed by atoms with Crippen LogP contribution in [-0.4, -0.2) is 18.0 Å². The first kappa shape index (κ1) is 12.9. The highest BCUT2D eigenvalue weighted by atomic mass is 32.1. The second kappa shape index (κ2) is 5.46. The molecule has 0 radical (unpaired) electrons. The van der Waals surface area contributed by atoms with E-state index in [9.17, 15) is 9.59 Å². The molecular formula is C15H13NO3S. The van der Waals surface area contributed by atoms with Crippen LogP contribution in [0.15, 0.2) is 41.8 Å². The third kappa shape index (κ3) is 2.58. The summed E-state index contributed by atoms with van der Waals surface area (Å²) in [6.45, 7) is 0.464. The molecule has 0 fully saturated rings. The van der Waals surface area contributed by atoms with Gasteiger partial charge in [-0.25, -0.2) is 4.79 Å². The Bertz CT molecular complexity index is 636. The van der Waals surface area contributed by atoms with Crippen molar-refractivity contribution in [3.05, 3.63) is 57.8 Å². The molecule has 5 heteroatoms. The Morgan fingerprint density at radius 2 is 2.15 bits per heavy atom. The van der Waals surface area contributed by atoms with Crippen molar-refractivity contribution in [3.8, 4) is 0 Å². The lowest BCUT2D eigenvalue weighted by molar-refractivity contribution is -0.130. The largest absolute Gasteiger partial charge is 0.448 e. The molecule has 102 valence electrons. The molecule has 1 aliphatic heterocycles. The van der Waals surface area contributed by atoms with Gasteiger partial charge in [0.05, 0.1) is 12.1 Å². The smallest absolute Gasteiger partial charge is 0.339 e. The highest BCUT2D eigenvalue weighted by Gasteiger charge is 2.30. The van der Waals surface area contributed by atoms with E-state index in [1.165, 1.54) is 0 Å². The number of cyclic esters (lactones) is 1. The van der Waals surface area contributed by atoms with Gasteiger partial charge in [0.15, 0.2) is 6.10 Å². The molecular weight excluding hydrogens is 274 g/mol. The predicted octanol–water partition coefficient (Wildman–Crippen LogP) is 2.15. The number of carbonyl (C=O) groups excluding carboxylic acids is 2. The lowest BCUT2D eigenvalue weighted by Gasteiger charge is -2.23. The summed E-state index contributed by atoms with van der Waals surface area (Å²) in [5.74, 6) is -0.677. The Morgan fingerprint density at radius 3 is 2.95 bits per heavy atom. The van der Waals surface area contributed by atoms with Crippen LogP contribution in [0.25, 0.3) is 0 Å². The summed E-state index contributed by atoms with van der Waals surface area (Å²) in [4.78, 5) is 25.0. The lowest BCUT2D eigenvalue weighted by Crippen LogP contribution is -2.41. The fourth-order valence-electron chi connectivity index (χ4n) is 2.18. The SMILES string of the molecule is O=C1O[C@H](C(=O)NCc2cccs2)Cc2ccccc21. The van der Waals surface area contributed by atoms with Gasteiger partial charge >= 0.3 is 5.97 Å². The molecule has 0 unspecified atom stereocenters. The molecule has 0 bridgehead atoms. The summed E-state index contributed by atoms with van der Waals surface area (Å²) in [5.41, 5.74) is 1.41. The maximum atomic E-state index is 12.1. The Balaban J connectivity index is 1.67. The topological polar surface area (TPSA) is 55.4 Å². The van der Waals surface area contributed by atoms with E-state index >= 15 is 0 Å². The van der Waals surface area contributed by atoms with Gasteiger partial charge in [0.2, 0.25) is 0 Å². The first-order valence-electron chi connectivity index (χ1n) is 6.33. The van der Waals surface area contributed by atoms with Gasteiger partial charge in [-0.2, -0.15) is 0 Å². The van der Waals surface area contributed by atoms with Crippen LogP contribution in [0.5, 0.6) is 0 Å². The molecule has 0 spiro atoms. The summed E-state index contributed by atoms with van der Waals surface area (Å²) in [6.07, 6.45) is -0.310. The van der Waals surface area contributed by atoms with Crippen molar-refractivity contribution in [2.24, 2.45) is 0 Å². The Labute approximate surface area is 120 Å². The number of carbonyl (C=O) groups is 2. The van der Waals surface area contributed by atoms with Crippen molar-refractivity contribution < 1.29 is 14.3 Å². The van der Waals surface area contributed by atoms with Gasteiger partial charge < -0.3 is 10.1 Å². The van der Waals surface area contributed by atoms with Gasteiger partial charge in [0.25, 0.3) is 5.91 Å². The molecule has 1 N–H and O–H groups in total. The summed E-state index contributed by atoms with van der Waals surface area (Å²) in [7, 11) is 0. The molecule has 4 nitrogen and oxygen atoms in total. The summed E-state index contributed by atoms with van der Waals surface area (Å²) in [5, 5.41) is 4.76. The van der Waals surface area contributed by atoms with E-state index in [1.54, 1.807) is 23.5 Å². The van der Waals surface area contributed by atoms with E-state index in [4.69, 9.17) is 4.74 Å². The standard InChI is InChI=1S/C15H13NO3S/c17-14(16-9-11-5-3-7-20-11)13-8-10-4-1-2-6-12(10)15(18)19-13/h1-7,13H,8-9H2,(H,16,17)/t13-/m0/s1. The fourth-order valence-corrected chi connectivity index (χ4v) is 2.82. The Kier molecular flexibility index (Phi) is 3.52. The minimum Gasteiger partial charge on any atom is -0.448 e. The van der Waals surface area contributed by atoms with Crippen LogP contribution in [-0.2, 0) is 22.5 Å². The minimum absolute atomic E-state index is 0.249. The third-order valence-electron chi connectivity index (χ3n) is 3.20. The predicted molar refractivity (Wildman–Crippen MR) is 75.5 cm³/mol. The zero-order chi connectivity index (χ0) is 13.9. The molecule has 0 aliphatic carbocycles. The van der Waals surface area contributed by atoms with E-state index in [0.717, 1.165) is 10.4 Å².